The second-order valence-electron chi connectivity index (χ2n) is 6.69. The molecule has 0 amide bonds. The van der Waals surface area contributed by atoms with E-state index in [2.05, 4.69) is 41.4 Å². The van der Waals surface area contributed by atoms with Crippen LogP contribution in [0.3, 0.4) is 0 Å². The Hall–Kier alpha value is -1.98. The summed E-state index contributed by atoms with van der Waals surface area (Å²) in [4.78, 5) is 3.83. The second kappa shape index (κ2) is 8.41. The van der Waals surface area contributed by atoms with Gasteiger partial charge in [-0.05, 0) is 36.8 Å². The van der Waals surface area contributed by atoms with Crippen molar-refractivity contribution >= 4 is 17.3 Å². The lowest BCUT2D eigenvalue weighted by Gasteiger charge is -2.34. The fourth-order valence-electron chi connectivity index (χ4n) is 3.21. The highest BCUT2D eigenvalue weighted by atomic mass is 32.1. The third kappa shape index (κ3) is 5.25. The summed E-state index contributed by atoms with van der Waals surface area (Å²) < 4.78 is 12.9. The van der Waals surface area contributed by atoms with Crippen molar-refractivity contribution in [2.45, 2.75) is 20.0 Å². The Labute approximate surface area is 154 Å². The molecule has 0 aliphatic carbocycles. The fourth-order valence-corrected chi connectivity index (χ4v) is 3.46. The molecule has 0 radical (unpaired) electrons. The molecule has 1 heterocycles. The van der Waals surface area contributed by atoms with Crippen LogP contribution < -0.4 is 10.2 Å². The topological polar surface area (TPSA) is 19.7 Å². The SMILES string of the molecule is Cc1cccc(C[NH+]2CCN(C(=S)NCc3ccc(F)cc3)CC2)c1. The van der Waals surface area contributed by atoms with Crippen LogP contribution in [0.15, 0.2) is 48.5 Å². The molecule has 5 heteroatoms. The van der Waals surface area contributed by atoms with E-state index in [1.54, 1.807) is 17.0 Å². The molecule has 0 saturated carbocycles. The number of piperazine rings is 1. The summed E-state index contributed by atoms with van der Waals surface area (Å²) in [5, 5.41) is 4.08. The summed E-state index contributed by atoms with van der Waals surface area (Å²) in [6, 6.07) is 15.3. The Bertz CT molecular complexity index is 709. The number of aryl methyl sites for hydroxylation is 1. The van der Waals surface area contributed by atoms with Crippen molar-refractivity contribution in [2.24, 2.45) is 0 Å². The zero-order valence-electron chi connectivity index (χ0n) is 14.6. The highest BCUT2D eigenvalue weighted by Crippen LogP contribution is 2.04. The Morgan fingerprint density at radius 3 is 2.52 bits per heavy atom. The van der Waals surface area contributed by atoms with Crippen molar-refractivity contribution in [3.63, 3.8) is 0 Å². The van der Waals surface area contributed by atoms with Gasteiger partial charge in [0.2, 0.25) is 0 Å². The Kier molecular flexibility index (Phi) is 6.00. The molecule has 0 aromatic heterocycles. The number of nitrogens with one attached hydrogen (secondary N) is 2. The minimum Gasteiger partial charge on any atom is -0.358 e. The molecule has 1 aliphatic heterocycles. The van der Waals surface area contributed by atoms with E-state index in [9.17, 15) is 4.39 Å². The predicted molar refractivity (Wildman–Crippen MR) is 103 cm³/mol. The molecule has 1 fully saturated rings. The summed E-state index contributed by atoms with van der Waals surface area (Å²) in [6.45, 7) is 7.97. The van der Waals surface area contributed by atoms with Crippen LogP contribution in [0.4, 0.5) is 4.39 Å². The van der Waals surface area contributed by atoms with Crippen molar-refractivity contribution in [3.05, 3.63) is 71.0 Å². The van der Waals surface area contributed by atoms with Gasteiger partial charge in [-0.3, -0.25) is 0 Å². The maximum atomic E-state index is 12.9. The quantitative estimate of drug-likeness (QED) is 0.815. The molecular formula is C20H25FN3S+. The lowest BCUT2D eigenvalue weighted by atomic mass is 10.1. The molecule has 3 nitrogen and oxygen atoms in total. The first-order valence-electron chi connectivity index (χ1n) is 8.76. The number of halogens is 1. The van der Waals surface area contributed by atoms with Crippen molar-refractivity contribution in [3.8, 4) is 0 Å². The Morgan fingerprint density at radius 1 is 1.12 bits per heavy atom. The van der Waals surface area contributed by atoms with Gasteiger partial charge < -0.3 is 15.1 Å². The van der Waals surface area contributed by atoms with E-state index in [4.69, 9.17) is 12.2 Å². The smallest absolute Gasteiger partial charge is 0.169 e. The molecule has 0 atom stereocenters. The number of hydrogen-bond donors (Lipinski definition) is 2. The molecule has 2 aromatic rings. The summed E-state index contributed by atoms with van der Waals surface area (Å²) in [6.07, 6.45) is 0. The summed E-state index contributed by atoms with van der Waals surface area (Å²) in [5.41, 5.74) is 3.76. The van der Waals surface area contributed by atoms with Crippen molar-refractivity contribution in [2.75, 3.05) is 26.2 Å². The van der Waals surface area contributed by atoms with Crippen molar-refractivity contribution in [1.29, 1.82) is 0 Å². The summed E-state index contributed by atoms with van der Waals surface area (Å²) in [5.74, 6) is -0.209. The van der Waals surface area contributed by atoms with E-state index < -0.39 is 0 Å². The number of hydrogen-bond acceptors (Lipinski definition) is 1. The van der Waals surface area contributed by atoms with Gasteiger partial charge in [0.05, 0.1) is 26.2 Å². The normalized spacial score (nSPS) is 15.2. The van der Waals surface area contributed by atoms with Crippen LogP contribution in [-0.4, -0.2) is 36.2 Å². The van der Waals surface area contributed by atoms with Gasteiger partial charge in [0, 0.05) is 12.1 Å². The molecule has 0 bridgehead atoms. The zero-order valence-corrected chi connectivity index (χ0v) is 15.4. The van der Waals surface area contributed by atoms with Crippen molar-refractivity contribution < 1.29 is 9.29 Å². The highest BCUT2D eigenvalue weighted by molar-refractivity contribution is 7.80. The van der Waals surface area contributed by atoms with Gasteiger partial charge in [0.1, 0.15) is 12.4 Å². The molecule has 2 N–H and O–H groups in total. The number of thiocarbonyl (C=S) groups is 1. The van der Waals surface area contributed by atoms with E-state index in [1.807, 2.05) is 0 Å². The minimum absolute atomic E-state index is 0.209. The van der Waals surface area contributed by atoms with Crippen LogP contribution in [0.5, 0.6) is 0 Å². The van der Waals surface area contributed by atoms with E-state index in [0.717, 1.165) is 43.4 Å². The number of benzene rings is 2. The van der Waals surface area contributed by atoms with Crippen molar-refractivity contribution in [1.82, 2.24) is 10.2 Å². The molecule has 1 saturated heterocycles. The molecule has 132 valence electrons. The van der Waals surface area contributed by atoms with Crippen LogP contribution in [0.2, 0.25) is 0 Å². The summed E-state index contributed by atoms with van der Waals surface area (Å²) >= 11 is 5.52. The lowest BCUT2D eigenvalue weighted by molar-refractivity contribution is -0.917. The maximum Gasteiger partial charge on any atom is 0.169 e. The first kappa shape index (κ1) is 17.8. The number of rotatable bonds is 4. The van der Waals surface area contributed by atoms with Crippen LogP contribution >= 0.6 is 12.2 Å². The zero-order chi connectivity index (χ0) is 17.6. The van der Waals surface area contributed by atoms with Gasteiger partial charge >= 0.3 is 0 Å². The van der Waals surface area contributed by atoms with Gasteiger partial charge in [-0.15, -0.1) is 0 Å². The van der Waals surface area contributed by atoms with Crippen LogP contribution in [0.25, 0.3) is 0 Å². The van der Waals surface area contributed by atoms with E-state index in [0.29, 0.717) is 6.54 Å². The van der Waals surface area contributed by atoms with Gasteiger partial charge in [-0.25, -0.2) is 4.39 Å². The van der Waals surface area contributed by atoms with Crippen LogP contribution in [0.1, 0.15) is 16.7 Å². The van der Waals surface area contributed by atoms with Gasteiger partial charge in [-0.1, -0.05) is 42.0 Å². The predicted octanol–water partition coefficient (Wildman–Crippen LogP) is 1.91. The van der Waals surface area contributed by atoms with Crippen LogP contribution in [-0.2, 0) is 13.1 Å². The first-order chi connectivity index (χ1) is 12.1. The third-order valence-electron chi connectivity index (χ3n) is 4.65. The fraction of sp³-hybridized carbons (Fsp3) is 0.350. The monoisotopic (exact) mass is 358 g/mol. The second-order valence-corrected chi connectivity index (χ2v) is 7.07. The number of quaternary nitrogens is 1. The lowest BCUT2D eigenvalue weighted by Crippen LogP contribution is -3.13. The molecule has 3 rings (SSSR count). The standard InChI is InChI=1S/C20H24FN3S/c1-16-3-2-4-18(13-16)15-23-9-11-24(12-10-23)20(25)22-14-17-5-7-19(21)8-6-17/h2-8,13H,9-12,14-15H2,1H3,(H,22,25)/p+1. The highest BCUT2D eigenvalue weighted by Gasteiger charge is 2.21. The molecule has 0 spiro atoms. The minimum atomic E-state index is -0.209. The molecule has 25 heavy (non-hydrogen) atoms. The number of nitrogens with zero attached hydrogens (tertiary/aromatic N) is 1. The summed E-state index contributed by atoms with van der Waals surface area (Å²) in [7, 11) is 0. The Morgan fingerprint density at radius 2 is 1.84 bits per heavy atom. The molecule has 2 aromatic carbocycles. The average Bonchev–Trinajstić information content (AvgIpc) is 2.62. The molecule has 0 unspecified atom stereocenters. The van der Waals surface area contributed by atoms with E-state index in [-0.39, 0.29) is 5.82 Å². The Balaban J connectivity index is 1.43. The van der Waals surface area contributed by atoms with Gasteiger partial charge in [-0.2, -0.15) is 0 Å². The van der Waals surface area contributed by atoms with E-state index in [1.165, 1.54) is 23.3 Å². The third-order valence-corrected chi connectivity index (χ3v) is 5.05. The van der Waals surface area contributed by atoms with E-state index >= 15 is 0 Å². The average molecular weight is 359 g/mol. The largest absolute Gasteiger partial charge is 0.358 e. The van der Waals surface area contributed by atoms with Gasteiger partial charge in [0.15, 0.2) is 5.11 Å². The van der Waals surface area contributed by atoms with Gasteiger partial charge in [0.25, 0.3) is 0 Å². The first-order valence-corrected chi connectivity index (χ1v) is 9.17. The molecular weight excluding hydrogens is 333 g/mol. The maximum absolute atomic E-state index is 12.9. The molecule has 1 aliphatic rings. The van der Waals surface area contributed by atoms with Crippen LogP contribution in [0, 0.1) is 12.7 Å².